The average Bonchev–Trinajstić information content (AvgIpc) is 3.31. The summed E-state index contributed by atoms with van der Waals surface area (Å²) in [7, 11) is -4.32. The van der Waals surface area contributed by atoms with Gasteiger partial charge in [0.1, 0.15) is 23.0 Å². The van der Waals surface area contributed by atoms with Crippen LogP contribution >= 0.6 is 11.3 Å². The highest BCUT2D eigenvalue weighted by Gasteiger charge is 2.51. The van der Waals surface area contributed by atoms with Crippen molar-refractivity contribution in [1.82, 2.24) is 4.57 Å². The third-order valence-electron chi connectivity index (χ3n) is 6.76. The minimum Gasteiger partial charge on any atom is -0.741 e. The number of imidazole rings is 1. The molecular formula is C26H30F3N3O5S2. The van der Waals surface area contributed by atoms with Gasteiger partial charge in [-0.3, -0.25) is 10.1 Å². The lowest BCUT2D eigenvalue weighted by Gasteiger charge is -2.41. The lowest BCUT2D eigenvalue weighted by molar-refractivity contribution is -0.479. The summed E-state index contributed by atoms with van der Waals surface area (Å²) in [4.78, 5) is 14.9. The van der Waals surface area contributed by atoms with E-state index >= 15 is 0 Å². The summed E-state index contributed by atoms with van der Waals surface area (Å²) in [6, 6.07) is 10.5. The zero-order valence-corrected chi connectivity index (χ0v) is 23.8. The summed E-state index contributed by atoms with van der Waals surface area (Å²) in [6.45, 7) is 8.77. The molecule has 0 amide bonds. The number of fused-ring (bicyclic) bond motifs is 5. The van der Waals surface area contributed by atoms with Crippen molar-refractivity contribution in [3.8, 4) is 11.3 Å². The Morgan fingerprint density at radius 1 is 1.21 bits per heavy atom. The molecule has 2 aliphatic rings. The van der Waals surface area contributed by atoms with Crippen LogP contribution in [-0.2, 0) is 26.1 Å². The van der Waals surface area contributed by atoms with E-state index < -0.39 is 21.2 Å². The van der Waals surface area contributed by atoms with Crippen LogP contribution in [0.2, 0.25) is 0 Å². The molecule has 0 saturated heterocycles. The molecule has 1 aromatic carbocycles. The third-order valence-corrected chi connectivity index (χ3v) is 8.39. The molecule has 39 heavy (non-hydrogen) atoms. The molecule has 2 atom stereocenters. The van der Waals surface area contributed by atoms with Crippen LogP contribution in [0.4, 0.5) is 19.0 Å². The Bertz CT molecular complexity index is 1540. The van der Waals surface area contributed by atoms with Gasteiger partial charge in [-0.15, -0.1) is 0 Å². The van der Waals surface area contributed by atoms with Gasteiger partial charge in [-0.25, -0.2) is 13.0 Å². The van der Waals surface area contributed by atoms with Crippen molar-refractivity contribution in [2.45, 2.75) is 69.6 Å². The number of anilines is 1. The Morgan fingerprint density at radius 3 is 2.36 bits per heavy atom. The highest BCUT2D eigenvalue weighted by atomic mass is 32.2. The van der Waals surface area contributed by atoms with E-state index in [-0.39, 0.29) is 17.4 Å². The van der Waals surface area contributed by atoms with E-state index in [9.17, 15) is 18.0 Å². The number of thiazole rings is 1. The number of benzene rings is 1. The predicted octanol–water partition coefficient (Wildman–Crippen LogP) is 4.93. The van der Waals surface area contributed by atoms with Gasteiger partial charge in [-0.05, 0) is 46.3 Å². The highest BCUT2D eigenvalue weighted by molar-refractivity contribution is 7.86. The summed E-state index contributed by atoms with van der Waals surface area (Å²) < 4.78 is 69.8. The van der Waals surface area contributed by atoms with Crippen molar-refractivity contribution in [1.29, 1.82) is 0 Å². The van der Waals surface area contributed by atoms with Gasteiger partial charge in [-0.2, -0.15) is 17.6 Å². The number of carbonyl (C=O) groups is 1. The van der Waals surface area contributed by atoms with Crippen molar-refractivity contribution in [2.24, 2.45) is 0 Å². The van der Waals surface area contributed by atoms with Crippen LogP contribution in [0.3, 0.4) is 0 Å². The number of alkyl halides is 3. The Labute approximate surface area is 228 Å². The Morgan fingerprint density at radius 2 is 1.82 bits per heavy atom. The molecule has 1 N–H and O–H groups in total. The van der Waals surface area contributed by atoms with Crippen LogP contribution in [0.1, 0.15) is 50.2 Å². The predicted molar refractivity (Wildman–Crippen MR) is 141 cm³/mol. The smallest absolute Gasteiger partial charge is 0.485 e. The monoisotopic (exact) mass is 585 g/mol. The maximum absolute atomic E-state index is 12.5. The lowest BCUT2D eigenvalue weighted by atomic mass is 9.78. The van der Waals surface area contributed by atoms with Gasteiger partial charge >= 0.3 is 5.51 Å². The number of ether oxygens (including phenoxy) is 1. The second-order valence-corrected chi connectivity index (χ2v) is 13.2. The van der Waals surface area contributed by atoms with Gasteiger partial charge < -0.3 is 9.29 Å². The number of carbonyl (C=O) groups excluding carboxylic acids is 1. The van der Waals surface area contributed by atoms with Gasteiger partial charge in [0.25, 0.3) is 10.8 Å². The zero-order chi connectivity index (χ0) is 29.0. The number of aryl methyl sites for hydroxylation is 1. The maximum Gasteiger partial charge on any atom is 0.485 e. The molecule has 1 aliphatic heterocycles. The molecule has 0 unspecified atom stereocenters. The van der Waals surface area contributed by atoms with Crippen LogP contribution in [0.15, 0.2) is 42.5 Å². The first-order chi connectivity index (χ1) is 18.0. The molecule has 212 valence electrons. The van der Waals surface area contributed by atoms with Crippen LogP contribution in [0, 0.1) is 6.92 Å². The molecule has 1 aliphatic carbocycles. The number of methoxy groups -OCH3 is 1. The SMILES string of the molecule is CO[C@@]12C=CC(=O)C[C@@H]1n1c(c(NC(C)(C)C)[n+]3c(-c4ccccc4)c(C)sc13)CC2.O=S(=O)([O-])C(F)(F)F. The number of nitrogens with one attached hydrogen (secondary N) is 1. The number of aromatic nitrogens is 2. The van der Waals surface area contributed by atoms with Crippen molar-refractivity contribution in [2.75, 3.05) is 12.4 Å². The second kappa shape index (κ2) is 10.0. The fraction of sp³-hybridized carbons (Fsp3) is 0.462. The Hall–Kier alpha value is -2.74. The summed E-state index contributed by atoms with van der Waals surface area (Å²) in [5, 5.41) is 3.80. The third kappa shape index (κ3) is 5.49. The van der Waals surface area contributed by atoms with Gasteiger partial charge in [0.15, 0.2) is 15.9 Å². The van der Waals surface area contributed by atoms with Crippen LogP contribution in [-0.4, -0.2) is 47.1 Å². The van der Waals surface area contributed by atoms with Gasteiger partial charge in [-0.1, -0.05) is 41.7 Å². The first kappa shape index (κ1) is 29.2. The van der Waals surface area contributed by atoms with E-state index in [4.69, 9.17) is 17.7 Å². The second-order valence-electron chi connectivity index (χ2n) is 10.6. The van der Waals surface area contributed by atoms with E-state index in [1.807, 2.05) is 6.08 Å². The van der Waals surface area contributed by atoms with Crippen molar-refractivity contribution < 1.29 is 40.1 Å². The fourth-order valence-electron chi connectivity index (χ4n) is 5.13. The molecule has 2 aromatic heterocycles. The normalized spacial score (nSPS) is 21.3. The van der Waals surface area contributed by atoms with E-state index in [1.165, 1.54) is 21.8 Å². The largest absolute Gasteiger partial charge is 0.741 e. The molecule has 0 spiro atoms. The number of ketones is 1. The molecule has 8 nitrogen and oxygen atoms in total. The highest BCUT2D eigenvalue weighted by Crippen LogP contribution is 2.46. The van der Waals surface area contributed by atoms with E-state index in [1.54, 1.807) is 24.5 Å². The molecular weight excluding hydrogens is 555 g/mol. The van der Waals surface area contributed by atoms with Crippen molar-refractivity contribution in [3.63, 3.8) is 0 Å². The topological polar surface area (TPSA) is 105 Å². The first-order valence-electron chi connectivity index (χ1n) is 12.2. The quantitative estimate of drug-likeness (QED) is 0.266. The molecule has 0 radical (unpaired) electrons. The van der Waals surface area contributed by atoms with Gasteiger partial charge in [0.05, 0.1) is 5.54 Å². The molecule has 5 rings (SSSR count). The molecule has 3 heterocycles. The number of rotatable bonds is 3. The van der Waals surface area contributed by atoms with E-state index in [0.717, 1.165) is 23.6 Å². The van der Waals surface area contributed by atoms with Crippen LogP contribution < -0.4 is 9.72 Å². The standard InChI is InChI=1S/C25H30N3O2S.CHF3O3S/c1-16-21(17-9-7-6-8-10-17)28-22(26-24(2,3)4)19-12-14-25(30-5)13-11-18(29)15-20(25)27(19)23(28)31-16;2-1(3,4)8(5,6)7/h6-11,13,20,26H,12,14-15H2,1-5H3;(H,5,6,7)/q+1;/p-1/t20-,25+;/m0./s1. The summed E-state index contributed by atoms with van der Waals surface area (Å²) in [5.41, 5.74) is -2.49. The first-order valence-corrected chi connectivity index (χ1v) is 14.4. The summed E-state index contributed by atoms with van der Waals surface area (Å²) >= 11 is 1.80. The molecule has 0 fully saturated rings. The van der Waals surface area contributed by atoms with E-state index in [0.29, 0.717) is 6.42 Å². The molecule has 13 heteroatoms. The maximum atomic E-state index is 12.5. The lowest BCUT2D eigenvalue weighted by Crippen LogP contribution is -2.47. The summed E-state index contributed by atoms with van der Waals surface area (Å²) in [5.74, 6) is 1.30. The minimum absolute atomic E-state index is 0.0362. The fourth-order valence-corrected chi connectivity index (χ4v) is 6.32. The van der Waals surface area contributed by atoms with Crippen molar-refractivity contribution >= 4 is 38.0 Å². The minimum atomic E-state index is -6.09. The Balaban J connectivity index is 0.000000386. The number of allylic oxidation sites excluding steroid dienone is 1. The Kier molecular flexibility index (Phi) is 7.52. The number of hydrogen-bond donors (Lipinski definition) is 1. The number of nitrogens with zero attached hydrogens (tertiary/aromatic N) is 2. The molecule has 0 saturated carbocycles. The average molecular weight is 586 g/mol. The zero-order valence-electron chi connectivity index (χ0n) is 22.1. The molecule has 3 aromatic rings. The number of hydrogen-bond acceptors (Lipinski definition) is 7. The van der Waals surface area contributed by atoms with Crippen molar-refractivity contribution in [3.05, 3.63) is 53.1 Å². The molecule has 0 bridgehead atoms. The number of halogens is 3. The van der Waals surface area contributed by atoms with Crippen LogP contribution in [0.25, 0.3) is 16.2 Å². The van der Waals surface area contributed by atoms with Crippen LogP contribution in [0.5, 0.6) is 0 Å². The van der Waals surface area contributed by atoms with Gasteiger partial charge in [0.2, 0.25) is 0 Å². The summed E-state index contributed by atoms with van der Waals surface area (Å²) in [6.07, 6.45) is 5.94. The van der Waals surface area contributed by atoms with Gasteiger partial charge in [0, 0.05) is 30.4 Å². The van der Waals surface area contributed by atoms with E-state index in [2.05, 4.69) is 72.3 Å².